The highest BCUT2D eigenvalue weighted by molar-refractivity contribution is 5.78. The zero-order valence-corrected chi connectivity index (χ0v) is 16.9. The Morgan fingerprint density at radius 1 is 1.18 bits per heavy atom. The van der Waals surface area contributed by atoms with Gasteiger partial charge in [0.2, 0.25) is 5.91 Å². The molecule has 0 spiro atoms. The molecule has 1 aliphatic rings. The van der Waals surface area contributed by atoms with Gasteiger partial charge in [-0.2, -0.15) is 0 Å². The van der Waals surface area contributed by atoms with E-state index in [0.717, 1.165) is 12.0 Å². The third kappa shape index (κ3) is 4.12. The van der Waals surface area contributed by atoms with Crippen molar-refractivity contribution in [3.8, 4) is 11.5 Å². The Morgan fingerprint density at radius 2 is 1.82 bits per heavy atom. The number of methoxy groups -OCH3 is 2. The standard InChI is InChI=1S/C22H27FN2O3/c1-15(18-7-5-6-8-19(18)23)24(2)14-22(26)25-10-9-16-11-20(27-3)21(28-4)12-17(16)13-25/h5-8,11-12,15H,9-10,13-14H2,1-4H3/t15-/m0/s1. The lowest BCUT2D eigenvalue weighted by Gasteiger charge is -2.32. The fraction of sp³-hybridized carbons (Fsp3) is 0.409. The molecule has 0 aliphatic carbocycles. The van der Waals surface area contributed by atoms with E-state index in [1.165, 1.54) is 11.6 Å². The third-order valence-corrected chi connectivity index (χ3v) is 5.47. The van der Waals surface area contributed by atoms with Gasteiger partial charge < -0.3 is 14.4 Å². The van der Waals surface area contributed by atoms with Crippen LogP contribution in [-0.2, 0) is 17.8 Å². The highest BCUT2D eigenvalue weighted by atomic mass is 19.1. The predicted octanol–water partition coefficient (Wildman–Crippen LogP) is 3.42. The van der Waals surface area contributed by atoms with E-state index in [0.29, 0.717) is 30.2 Å². The Balaban J connectivity index is 1.68. The van der Waals surface area contributed by atoms with Crippen molar-refractivity contribution in [3.63, 3.8) is 0 Å². The highest BCUT2D eigenvalue weighted by Gasteiger charge is 2.25. The summed E-state index contributed by atoms with van der Waals surface area (Å²) in [6.07, 6.45) is 0.772. The number of nitrogens with zero attached hydrogens (tertiary/aromatic N) is 2. The number of amides is 1. The van der Waals surface area contributed by atoms with Crippen LogP contribution in [0.15, 0.2) is 36.4 Å². The SMILES string of the molecule is COc1cc2c(cc1OC)CN(C(=O)CN(C)[C@@H](C)c1ccccc1F)CC2. The first-order valence-electron chi connectivity index (χ1n) is 9.40. The number of ether oxygens (including phenoxy) is 2. The summed E-state index contributed by atoms with van der Waals surface area (Å²) in [7, 11) is 5.07. The Bertz CT molecular complexity index is 856. The van der Waals surface area contributed by atoms with Crippen LogP contribution in [0.3, 0.4) is 0 Å². The Morgan fingerprint density at radius 3 is 2.46 bits per heavy atom. The molecule has 0 radical (unpaired) electrons. The second kappa shape index (κ2) is 8.61. The van der Waals surface area contributed by atoms with Gasteiger partial charge in [0, 0.05) is 24.7 Å². The molecule has 28 heavy (non-hydrogen) atoms. The fourth-order valence-corrected chi connectivity index (χ4v) is 3.60. The van der Waals surface area contributed by atoms with Crippen LogP contribution in [0.5, 0.6) is 11.5 Å². The molecule has 0 aromatic heterocycles. The quantitative estimate of drug-likeness (QED) is 0.763. The number of hydrogen-bond acceptors (Lipinski definition) is 4. The lowest BCUT2D eigenvalue weighted by atomic mass is 9.98. The number of halogens is 1. The van der Waals surface area contributed by atoms with Gasteiger partial charge in [0.15, 0.2) is 11.5 Å². The van der Waals surface area contributed by atoms with Gasteiger partial charge in [0.1, 0.15) is 5.82 Å². The summed E-state index contributed by atoms with van der Waals surface area (Å²) in [4.78, 5) is 16.6. The molecule has 0 N–H and O–H groups in total. The smallest absolute Gasteiger partial charge is 0.237 e. The maximum Gasteiger partial charge on any atom is 0.237 e. The molecule has 0 saturated carbocycles. The van der Waals surface area contributed by atoms with Crippen molar-refractivity contribution in [2.24, 2.45) is 0 Å². The normalized spacial score (nSPS) is 14.6. The summed E-state index contributed by atoms with van der Waals surface area (Å²) >= 11 is 0. The van der Waals surface area contributed by atoms with Gasteiger partial charge in [-0.15, -0.1) is 0 Å². The lowest BCUT2D eigenvalue weighted by molar-refractivity contribution is -0.133. The molecule has 0 saturated heterocycles. The van der Waals surface area contributed by atoms with Gasteiger partial charge in [-0.25, -0.2) is 4.39 Å². The van der Waals surface area contributed by atoms with Crippen molar-refractivity contribution in [2.45, 2.75) is 25.9 Å². The third-order valence-electron chi connectivity index (χ3n) is 5.47. The van der Waals surface area contributed by atoms with Crippen LogP contribution in [0.2, 0.25) is 0 Å². The molecule has 0 unspecified atom stereocenters. The van der Waals surface area contributed by atoms with E-state index in [1.807, 2.05) is 42.0 Å². The van der Waals surface area contributed by atoms with Gasteiger partial charge in [-0.1, -0.05) is 18.2 Å². The predicted molar refractivity (Wildman–Crippen MR) is 106 cm³/mol. The largest absolute Gasteiger partial charge is 0.493 e. The van der Waals surface area contributed by atoms with Gasteiger partial charge in [-0.05, 0) is 49.7 Å². The summed E-state index contributed by atoms with van der Waals surface area (Å²) < 4.78 is 24.8. The Kier molecular flexibility index (Phi) is 6.19. The first kappa shape index (κ1) is 20.1. The Labute approximate surface area is 165 Å². The molecular weight excluding hydrogens is 359 g/mol. The van der Waals surface area contributed by atoms with E-state index in [9.17, 15) is 9.18 Å². The number of fused-ring (bicyclic) bond motifs is 1. The van der Waals surface area contributed by atoms with Crippen LogP contribution in [0, 0.1) is 5.82 Å². The Hall–Kier alpha value is -2.60. The van der Waals surface area contributed by atoms with Crippen LogP contribution in [0.1, 0.15) is 29.7 Å². The number of benzene rings is 2. The van der Waals surface area contributed by atoms with Gasteiger partial charge >= 0.3 is 0 Å². The van der Waals surface area contributed by atoms with Crippen molar-refractivity contribution in [2.75, 3.05) is 34.4 Å². The van der Waals surface area contributed by atoms with E-state index in [1.54, 1.807) is 26.4 Å². The first-order valence-corrected chi connectivity index (χ1v) is 9.40. The summed E-state index contributed by atoms with van der Waals surface area (Å²) in [5.74, 6) is 1.16. The van der Waals surface area contributed by atoms with Crippen LogP contribution in [0.25, 0.3) is 0 Å². The summed E-state index contributed by atoms with van der Waals surface area (Å²) in [6, 6.07) is 10.4. The van der Waals surface area contributed by atoms with Gasteiger partial charge in [-0.3, -0.25) is 9.69 Å². The highest BCUT2D eigenvalue weighted by Crippen LogP contribution is 2.33. The molecule has 6 heteroatoms. The minimum atomic E-state index is -0.248. The average molecular weight is 386 g/mol. The minimum Gasteiger partial charge on any atom is -0.493 e. The number of carbonyl (C=O) groups is 1. The monoisotopic (exact) mass is 386 g/mol. The van der Waals surface area contributed by atoms with E-state index >= 15 is 0 Å². The van der Waals surface area contributed by atoms with E-state index in [2.05, 4.69) is 0 Å². The molecule has 1 aliphatic heterocycles. The molecule has 2 aromatic rings. The second-order valence-electron chi connectivity index (χ2n) is 7.15. The van der Waals surface area contributed by atoms with Crippen LogP contribution in [0.4, 0.5) is 4.39 Å². The lowest BCUT2D eigenvalue weighted by Crippen LogP contribution is -2.42. The van der Waals surface area contributed by atoms with E-state index in [-0.39, 0.29) is 24.3 Å². The molecule has 0 fully saturated rings. The average Bonchev–Trinajstić information content (AvgIpc) is 2.71. The summed E-state index contributed by atoms with van der Waals surface area (Å²) in [5.41, 5.74) is 2.84. The number of rotatable bonds is 6. The van der Waals surface area contributed by atoms with Crippen molar-refractivity contribution < 1.29 is 18.7 Å². The van der Waals surface area contributed by atoms with Crippen LogP contribution < -0.4 is 9.47 Å². The number of hydrogen-bond donors (Lipinski definition) is 0. The van der Waals surface area contributed by atoms with Crippen LogP contribution in [-0.4, -0.2) is 50.1 Å². The molecule has 5 nitrogen and oxygen atoms in total. The fourth-order valence-electron chi connectivity index (χ4n) is 3.60. The topological polar surface area (TPSA) is 42.0 Å². The number of likely N-dealkylation sites (N-methyl/N-ethyl adjacent to an activating group) is 1. The van der Waals surface area contributed by atoms with Crippen molar-refractivity contribution in [1.29, 1.82) is 0 Å². The molecule has 1 heterocycles. The zero-order chi connectivity index (χ0) is 20.3. The van der Waals surface area contributed by atoms with Crippen molar-refractivity contribution in [3.05, 3.63) is 58.9 Å². The van der Waals surface area contributed by atoms with E-state index in [4.69, 9.17) is 9.47 Å². The van der Waals surface area contributed by atoms with Crippen molar-refractivity contribution >= 4 is 5.91 Å². The van der Waals surface area contributed by atoms with Gasteiger partial charge in [0.05, 0.1) is 20.8 Å². The summed E-state index contributed by atoms with van der Waals surface area (Å²) in [5, 5.41) is 0. The van der Waals surface area contributed by atoms with E-state index < -0.39 is 0 Å². The maximum absolute atomic E-state index is 14.0. The zero-order valence-electron chi connectivity index (χ0n) is 16.9. The molecule has 1 amide bonds. The summed E-state index contributed by atoms with van der Waals surface area (Å²) in [6.45, 7) is 3.34. The maximum atomic E-state index is 14.0. The number of carbonyl (C=O) groups excluding carboxylic acids is 1. The first-order chi connectivity index (χ1) is 13.4. The molecule has 3 rings (SSSR count). The van der Waals surface area contributed by atoms with Crippen LogP contribution >= 0.6 is 0 Å². The molecular formula is C22H27FN2O3. The minimum absolute atomic E-state index is 0.0334. The molecule has 2 aromatic carbocycles. The molecule has 150 valence electrons. The molecule has 0 bridgehead atoms. The van der Waals surface area contributed by atoms with Gasteiger partial charge in [0.25, 0.3) is 0 Å². The van der Waals surface area contributed by atoms with Crippen molar-refractivity contribution in [1.82, 2.24) is 9.80 Å². The molecule has 1 atom stereocenters. The second-order valence-corrected chi connectivity index (χ2v) is 7.15.